The molecule has 0 saturated heterocycles. The third kappa shape index (κ3) is 5.17. The highest BCUT2D eigenvalue weighted by Gasteiger charge is 2.31. The molecule has 0 aliphatic heterocycles. The molecule has 0 fully saturated rings. The molecule has 0 heterocycles. The van der Waals surface area contributed by atoms with Crippen LogP contribution in [-0.2, 0) is 4.79 Å². The standard InChI is InChI=1S/C20H28OS/c1-7-8-9-10-16(4)17-11-13-18(14-12-17)22-19(21)20(5,6)15(2)3/h8-15H,7H2,1-6H3/b9-8-,16-10+. The number of allylic oxidation sites excluding steroid dienone is 4. The maximum Gasteiger partial charge on any atom is 0.199 e. The van der Waals surface area contributed by atoms with Crippen LogP contribution in [0, 0.1) is 11.3 Å². The second-order valence-electron chi connectivity index (χ2n) is 6.48. The van der Waals surface area contributed by atoms with E-state index in [0.717, 1.165) is 11.3 Å². The minimum atomic E-state index is -0.301. The van der Waals surface area contributed by atoms with Crippen LogP contribution in [0.5, 0.6) is 0 Å². The summed E-state index contributed by atoms with van der Waals surface area (Å²) in [5.41, 5.74) is 2.13. The Hall–Kier alpha value is -1.28. The van der Waals surface area contributed by atoms with Crippen molar-refractivity contribution in [2.24, 2.45) is 11.3 Å². The molecule has 1 nitrogen and oxygen atoms in total. The van der Waals surface area contributed by atoms with Gasteiger partial charge in [-0.05, 0) is 42.5 Å². The Balaban J connectivity index is 2.80. The first-order valence-electron chi connectivity index (χ1n) is 7.95. The van der Waals surface area contributed by atoms with E-state index in [9.17, 15) is 4.79 Å². The second kappa shape index (κ2) is 8.38. The Morgan fingerprint density at radius 2 is 1.82 bits per heavy atom. The van der Waals surface area contributed by atoms with Gasteiger partial charge in [-0.25, -0.2) is 0 Å². The fraction of sp³-hybridized carbons (Fsp3) is 0.450. The summed E-state index contributed by atoms with van der Waals surface area (Å²) in [6, 6.07) is 8.25. The molecule has 0 spiro atoms. The van der Waals surface area contributed by atoms with Gasteiger partial charge in [-0.15, -0.1) is 0 Å². The summed E-state index contributed by atoms with van der Waals surface area (Å²) in [6.45, 7) is 12.5. The molecule has 2 heteroatoms. The Morgan fingerprint density at radius 1 is 1.23 bits per heavy atom. The average molecular weight is 317 g/mol. The van der Waals surface area contributed by atoms with Gasteiger partial charge in [0.15, 0.2) is 5.12 Å². The van der Waals surface area contributed by atoms with Gasteiger partial charge >= 0.3 is 0 Å². The van der Waals surface area contributed by atoms with Crippen molar-refractivity contribution in [1.82, 2.24) is 0 Å². The quantitative estimate of drug-likeness (QED) is 0.449. The Kier molecular flexibility index (Phi) is 7.15. The van der Waals surface area contributed by atoms with Crippen molar-refractivity contribution in [2.75, 3.05) is 0 Å². The minimum absolute atomic E-state index is 0.230. The molecule has 0 aliphatic rings. The minimum Gasteiger partial charge on any atom is -0.286 e. The molecule has 1 aromatic rings. The number of carbonyl (C=O) groups is 1. The van der Waals surface area contributed by atoms with E-state index >= 15 is 0 Å². The zero-order chi connectivity index (χ0) is 16.8. The van der Waals surface area contributed by atoms with Crippen LogP contribution in [-0.4, -0.2) is 5.12 Å². The fourth-order valence-corrected chi connectivity index (χ4v) is 2.69. The van der Waals surface area contributed by atoms with E-state index in [-0.39, 0.29) is 10.5 Å². The lowest BCUT2D eigenvalue weighted by atomic mass is 9.83. The van der Waals surface area contributed by atoms with Crippen LogP contribution < -0.4 is 0 Å². The molecular weight excluding hydrogens is 288 g/mol. The summed E-state index contributed by atoms with van der Waals surface area (Å²) in [5, 5.41) is 0.230. The van der Waals surface area contributed by atoms with Crippen molar-refractivity contribution in [3.8, 4) is 0 Å². The van der Waals surface area contributed by atoms with Crippen molar-refractivity contribution in [1.29, 1.82) is 0 Å². The summed E-state index contributed by atoms with van der Waals surface area (Å²) in [5.74, 6) is 0.335. The highest BCUT2D eigenvalue weighted by molar-refractivity contribution is 8.13. The predicted molar refractivity (Wildman–Crippen MR) is 99.0 cm³/mol. The Labute approximate surface area is 139 Å². The monoisotopic (exact) mass is 316 g/mol. The lowest BCUT2D eigenvalue weighted by Gasteiger charge is -2.26. The van der Waals surface area contributed by atoms with Crippen LogP contribution >= 0.6 is 11.8 Å². The van der Waals surface area contributed by atoms with Crippen LogP contribution in [0.15, 0.2) is 47.4 Å². The van der Waals surface area contributed by atoms with E-state index in [1.54, 1.807) is 0 Å². The summed E-state index contributed by atoms with van der Waals surface area (Å²) in [6.07, 6.45) is 7.40. The number of thioether (sulfide) groups is 1. The van der Waals surface area contributed by atoms with Crippen molar-refractivity contribution in [2.45, 2.75) is 52.9 Å². The first-order chi connectivity index (χ1) is 10.3. The summed E-state index contributed by atoms with van der Waals surface area (Å²) in [4.78, 5) is 13.4. The van der Waals surface area contributed by atoms with Crippen molar-refractivity contribution < 1.29 is 4.79 Å². The molecule has 0 aliphatic carbocycles. The van der Waals surface area contributed by atoms with E-state index < -0.39 is 0 Å². The Morgan fingerprint density at radius 3 is 2.32 bits per heavy atom. The molecular formula is C20H28OS. The Bertz CT molecular complexity index is 548. The summed E-state index contributed by atoms with van der Waals surface area (Å²) < 4.78 is 0. The molecule has 0 saturated carbocycles. The molecule has 0 bridgehead atoms. The van der Waals surface area contributed by atoms with E-state index in [1.807, 2.05) is 26.0 Å². The van der Waals surface area contributed by atoms with Crippen molar-refractivity contribution in [3.05, 3.63) is 48.1 Å². The number of hydrogen-bond donors (Lipinski definition) is 0. The SMILES string of the molecule is CC/C=C\C=C(/C)c1ccc(SC(=O)C(C)(C)C(C)C)cc1. The van der Waals surface area contributed by atoms with E-state index in [2.05, 4.69) is 58.1 Å². The third-order valence-electron chi connectivity index (χ3n) is 4.21. The number of carbonyl (C=O) groups excluding carboxylic acids is 1. The van der Waals surface area contributed by atoms with Crippen LogP contribution in [0.3, 0.4) is 0 Å². The maximum atomic E-state index is 12.4. The molecule has 0 aromatic heterocycles. The highest BCUT2D eigenvalue weighted by atomic mass is 32.2. The van der Waals surface area contributed by atoms with E-state index in [1.165, 1.54) is 22.9 Å². The van der Waals surface area contributed by atoms with Gasteiger partial charge in [0, 0.05) is 10.3 Å². The molecule has 120 valence electrons. The lowest BCUT2D eigenvalue weighted by molar-refractivity contribution is -0.120. The van der Waals surface area contributed by atoms with Gasteiger partial charge in [0.05, 0.1) is 0 Å². The fourth-order valence-electron chi connectivity index (χ4n) is 1.70. The first-order valence-corrected chi connectivity index (χ1v) is 8.76. The molecule has 0 N–H and O–H groups in total. The summed E-state index contributed by atoms with van der Waals surface area (Å²) >= 11 is 1.35. The normalized spacial score (nSPS) is 13.1. The van der Waals surface area contributed by atoms with Gasteiger partial charge in [0.25, 0.3) is 0 Å². The molecule has 1 rings (SSSR count). The maximum absolute atomic E-state index is 12.4. The number of hydrogen-bond acceptors (Lipinski definition) is 2. The smallest absolute Gasteiger partial charge is 0.199 e. The number of rotatable bonds is 6. The zero-order valence-corrected chi connectivity index (χ0v) is 15.5. The molecule has 0 atom stereocenters. The molecule has 0 radical (unpaired) electrons. The topological polar surface area (TPSA) is 17.1 Å². The van der Waals surface area contributed by atoms with Gasteiger partial charge in [0.1, 0.15) is 0 Å². The van der Waals surface area contributed by atoms with Gasteiger partial charge in [-0.2, -0.15) is 0 Å². The van der Waals surface area contributed by atoms with Gasteiger partial charge in [0.2, 0.25) is 0 Å². The number of benzene rings is 1. The van der Waals surface area contributed by atoms with Gasteiger partial charge in [-0.3, -0.25) is 4.79 Å². The van der Waals surface area contributed by atoms with E-state index in [4.69, 9.17) is 0 Å². The van der Waals surface area contributed by atoms with E-state index in [0.29, 0.717) is 5.92 Å². The second-order valence-corrected chi connectivity index (χ2v) is 7.52. The molecule has 1 aromatic carbocycles. The van der Waals surface area contributed by atoms with Gasteiger partial charge in [-0.1, -0.05) is 76.7 Å². The summed E-state index contributed by atoms with van der Waals surface area (Å²) in [7, 11) is 0. The molecule has 0 unspecified atom stereocenters. The van der Waals surface area contributed by atoms with Gasteiger partial charge < -0.3 is 0 Å². The lowest BCUT2D eigenvalue weighted by Crippen LogP contribution is -2.27. The highest BCUT2D eigenvalue weighted by Crippen LogP contribution is 2.35. The van der Waals surface area contributed by atoms with Crippen LogP contribution in [0.4, 0.5) is 0 Å². The largest absolute Gasteiger partial charge is 0.286 e. The van der Waals surface area contributed by atoms with Crippen molar-refractivity contribution >= 4 is 22.5 Å². The van der Waals surface area contributed by atoms with Crippen LogP contribution in [0.25, 0.3) is 5.57 Å². The zero-order valence-electron chi connectivity index (χ0n) is 14.6. The van der Waals surface area contributed by atoms with Crippen molar-refractivity contribution in [3.63, 3.8) is 0 Å². The van der Waals surface area contributed by atoms with Crippen LogP contribution in [0.2, 0.25) is 0 Å². The first kappa shape index (κ1) is 18.8. The molecule has 22 heavy (non-hydrogen) atoms. The molecule has 0 amide bonds. The van der Waals surface area contributed by atoms with Crippen LogP contribution in [0.1, 0.15) is 53.5 Å². The third-order valence-corrected chi connectivity index (χ3v) is 5.43. The average Bonchev–Trinajstić information content (AvgIpc) is 2.47. The predicted octanol–water partition coefficient (Wildman–Crippen LogP) is 6.36.